The maximum atomic E-state index is 10.2. The van der Waals surface area contributed by atoms with E-state index in [-0.39, 0.29) is 25.2 Å². The van der Waals surface area contributed by atoms with E-state index in [0.717, 1.165) is 50.7 Å². The van der Waals surface area contributed by atoms with E-state index in [1.807, 2.05) is 13.8 Å². The molecule has 0 bridgehead atoms. The fraction of sp³-hybridized carbons (Fsp3) is 0.667. The summed E-state index contributed by atoms with van der Waals surface area (Å²) in [6.07, 6.45) is 7.87. The molecule has 142 valence electrons. The average molecular weight is 346 g/mol. The summed E-state index contributed by atoms with van der Waals surface area (Å²) in [5, 5.41) is 16.6. The van der Waals surface area contributed by atoms with Gasteiger partial charge in [-0.15, -0.1) is 0 Å². The van der Waals surface area contributed by atoms with Gasteiger partial charge in [0, 0.05) is 25.4 Å². The zero-order valence-corrected chi connectivity index (χ0v) is 15.2. The number of esters is 2. The highest BCUT2D eigenvalue weighted by atomic mass is 16.5. The molecule has 0 spiro atoms. The first-order valence-electron chi connectivity index (χ1n) is 8.33. The highest BCUT2D eigenvalue weighted by molar-refractivity contribution is 5.81. The minimum atomic E-state index is -0.341. The van der Waals surface area contributed by atoms with Crippen molar-refractivity contribution in [3.8, 4) is 0 Å². The third-order valence-electron chi connectivity index (χ3n) is 2.30. The normalized spacial score (nSPS) is 8.67. The summed E-state index contributed by atoms with van der Waals surface area (Å²) >= 11 is 0. The first kappa shape index (κ1) is 27.2. The van der Waals surface area contributed by atoms with Crippen molar-refractivity contribution in [2.75, 3.05) is 26.4 Å². The molecule has 0 aromatic carbocycles. The lowest BCUT2D eigenvalue weighted by Crippen LogP contribution is -1.99. The van der Waals surface area contributed by atoms with Gasteiger partial charge in [-0.05, 0) is 25.7 Å². The van der Waals surface area contributed by atoms with Gasteiger partial charge >= 0.3 is 11.9 Å². The Balaban J connectivity index is -0.000000276. The lowest BCUT2D eigenvalue weighted by Gasteiger charge is -1.94. The Morgan fingerprint density at radius 3 is 1.33 bits per heavy atom. The quantitative estimate of drug-likeness (QED) is 0.339. The van der Waals surface area contributed by atoms with Gasteiger partial charge in [-0.25, -0.2) is 9.59 Å². The summed E-state index contributed by atoms with van der Waals surface area (Å²) < 4.78 is 9.17. The van der Waals surface area contributed by atoms with Crippen molar-refractivity contribution in [3.05, 3.63) is 25.3 Å². The van der Waals surface area contributed by atoms with Gasteiger partial charge < -0.3 is 19.7 Å². The summed E-state index contributed by atoms with van der Waals surface area (Å²) in [6.45, 7) is 11.9. The van der Waals surface area contributed by atoms with E-state index in [9.17, 15) is 9.59 Å². The van der Waals surface area contributed by atoms with Crippen LogP contribution in [0, 0.1) is 0 Å². The van der Waals surface area contributed by atoms with Gasteiger partial charge in [0.2, 0.25) is 0 Å². The molecule has 0 aromatic rings. The van der Waals surface area contributed by atoms with Crippen molar-refractivity contribution in [1.29, 1.82) is 0 Å². The molecule has 0 aliphatic rings. The number of aliphatic hydroxyl groups is 2. The van der Waals surface area contributed by atoms with Crippen molar-refractivity contribution in [2.24, 2.45) is 0 Å². The lowest BCUT2D eigenvalue weighted by atomic mass is 10.2. The molecule has 0 amide bonds. The maximum absolute atomic E-state index is 10.2. The van der Waals surface area contributed by atoms with Gasteiger partial charge in [-0.2, -0.15) is 0 Å². The largest absolute Gasteiger partial charge is 0.463 e. The maximum Gasteiger partial charge on any atom is 0.330 e. The SMILES string of the molecule is C=CC(=O)OCCC.C=CC(=O)OCCC.OCCCCCCO. The van der Waals surface area contributed by atoms with Crippen LogP contribution in [0.1, 0.15) is 52.4 Å². The Kier molecular flexibility index (Phi) is 29.7. The predicted octanol–water partition coefficient (Wildman–Crippen LogP) is 2.78. The monoisotopic (exact) mass is 346 g/mol. The molecule has 6 heteroatoms. The second-order valence-electron chi connectivity index (χ2n) is 4.60. The molecule has 0 rings (SSSR count). The topological polar surface area (TPSA) is 93.1 Å². The summed E-state index contributed by atoms with van der Waals surface area (Å²) in [5.74, 6) is -0.682. The molecule has 0 aromatic heterocycles. The standard InChI is InChI=1S/2C6H10O2.C6H14O2/c2*1-3-5-8-6(7)4-2;7-5-3-1-2-4-6-8/h2*4H,2-3,5H2,1H3;7-8H,1-6H2. The molecule has 0 saturated carbocycles. The number of unbranched alkanes of at least 4 members (excludes halogenated alkanes) is 3. The average Bonchev–Trinajstić information content (AvgIpc) is 2.62. The van der Waals surface area contributed by atoms with Crippen LogP contribution in [-0.4, -0.2) is 48.6 Å². The second-order valence-corrected chi connectivity index (χ2v) is 4.60. The van der Waals surface area contributed by atoms with Gasteiger partial charge in [0.25, 0.3) is 0 Å². The summed E-state index contributed by atoms with van der Waals surface area (Å²) in [7, 11) is 0. The van der Waals surface area contributed by atoms with Crippen LogP contribution in [0.4, 0.5) is 0 Å². The van der Waals surface area contributed by atoms with Crippen LogP contribution in [0.3, 0.4) is 0 Å². The van der Waals surface area contributed by atoms with E-state index >= 15 is 0 Å². The van der Waals surface area contributed by atoms with Crippen molar-refractivity contribution in [2.45, 2.75) is 52.4 Å². The van der Waals surface area contributed by atoms with E-state index in [4.69, 9.17) is 10.2 Å². The fourth-order valence-corrected chi connectivity index (χ4v) is 1.10. The van der Waals surface area contributed by atoms with Crippen LogP contribution in [0.25, 0.3) is 0 Å². The molecule has 0 fully saturated rings. The number of rotatable bonds is 11. The van der Waals surface area contributed by atoms with Crippen LogP contribution >= 0.6 is 0 Å². The summed E-state index contributed by atoms with van der Waals surface area (Å²) in [6, 6.07) is 0. The van der Waals surface area contributed by atoms with E-state index in [1.54, 1.807) is 0 Å². The van der Waals surface area contributed by atoms with Crippen molar-refractivity contribution in [1.82, 2.24) is 0 Å². The third-order valence-corrected chi connectivity index (χ3v) is 2.30. The van der Waals surface area contributed by atoms with Crippen LogP contribution in [0.15, 0.2) is 25.3 Å². The van der Waals surface area contributed by atoms with Gasteiger partial charge in [0.1, 0.15) is 0 Å². The lowest BCUT2D eigenvalue weighted by molar-refractivity contribution is -0.138. The molecule has 0 aliphatic carbocycles. The number of hydrogen-bond donors (Lipinski definition) is 2. The number of carbonyl (C=O) groups is 2. The van der Waals surface area contributed by atoms with Crippen molar-refractivity contribution < 1.29 is 29.3 Å². The van der Waals surface area contributed by atoms with Crippen molar-refractivity contribution in [3.63, 3.8) is 0 Å². The molecule has 0 radical (unpaired) electrons. The molecular weight excluding hydrogens is 312 g/mol. The smallest absolute Gasteiger partial charge is 0.330 e. The Morgan fingerprint density at radius 2 is 1.12 bits per heavy atom. The van der Waals surface area contributed by atoms with Crippen LogP contribution in [0.5, 0.6) is 0 Å². The first-order valence-corrected chi connectivity index (χ1v) is 8.33. The zero-order chi connectivity index (χ0) is 19.1. The number of aliphatic hydroxyl groups excluding tert-OH is 2. The van der Waals surface area contributed by atoms with Crippen LogP contribution in [0.2, 0.25) is 0 Å². The number of carbonyl (C=O) groups excluding carboxylic acids is 2. The van der Waals surface area contributed by atoms with Crippen molar-refractivity contribution >= 4 is 11.9 Å². The van der Waals surface area contributed by atoms with Gasteiger partial charge in [0.15, 0.2) is 0 Å². The Bertz CT molecular complexity index is 272. The van der Waals surface area contributed by atoms with Crippen LogP contribution < -0.4 is 0 Å². The predicted molar refractivity (Wildman–Crippen MR) is 95.5 cm³/mol. The molecule has 6 nitrogen and oxygen atoms in total. The zero-order valence-electron chi connectivity index (χ0n) is 15.2. The van der Waals surface area contributed by atoms with E-state index in [0.29, 0.717) is 13.2 Å². The van der Waals surface area contributed by atoms with Crippen LogP contribution in [-0.2, 0) is 19.1 Å². The Labute approximate surface area is 146 Å². The molecule has 0 unspecified atom stereocenters. The van der Waals surface area contributed by atoms with E-state index in [1.165, 1.54) is 0 Å². The molecule has 2 N–H and O–H groups in total. The summed E-state index contributed by atoms with van der Waals surface area (Å²) in [5.41, 5.74) is 0. The second kappa shape index (κ2) is 26.2. The Hall–Kier alpha value is -1.66. The minimum Gasteiger partial charge on any atom is -0.463 e. The molecule has 24 heavy (non-hydrogen) atoms. The molecule has 0 atom stereocenters. The van der Waals surface area contributed by atoms with E-state index < -0.39 is 0 Å². The number of hydrogen-bond acceptors (Lipinski definition) is 6. The number of ether oxygens (including phenoxy) is 2. The summed E-state index contributed by atoms with van der Waals surface area (Å²) in [4.78, 5) is 20.5. The molecule has 0 aliphatic heterocycles. The highest BCUT2D eigenvalue weighted by Crippen LogP contribution is 1.96. The van der Waals surface area contributed by atoms with E-state index in [2.05, 4.69) is 22.6 Å². The van der Waals surface area contributed by atoms with Gasteiger partial charge in [0.05, 0.1) is 13.2 Å². The molecular formula is C18H34O6. The van der Waals surface area contributed by atoms with Gasteiger partial charge in [-0.3, -0.25) is 0 Å². The first-order chi connectivity index (χ1) is 11.5. The third kappa shape index (κ3) is 32.3. The fourth-order valence-electron chi connectivity index (χ4n) is 1.10. The van der Waals surface area contributed by atoms with Gasteiger partial charge in [-0.1, -0.05) is 39.8 Å². The Morgan fingerprint density at radius 1 is 0.792 bits per heavy atom. The molecule has 0 heterocycles. The highest BCUT2D eigenvalue weighted by Gasteiger charge is 1.90. The molecule has 0 saturated heterocycles. The minimum absolute atomic E-state index is 0.283.